The van der Waals surface area contributed by atoms with Crippen molar-refractivity contribution in [2.45, 2.75) is 13.0 Å². The number of nitriles is 1. The van der Waals surface area contributed by atoms with Gasteiger partial charge in [-0.2, -0.15) is 5.26 Å². The number of benzene rings is 1. The first-order valence-corrected chi connectivity index (χ1v) is 4.49. The van der Waals surface area contributed by atoms with Gasteiger partial charge in [0.2, 0.25) is 0 Å². The summed E-state index contributed by atoms with van der Waals surface area (Å²) in [6, 6.07) is 9.57. The highest BCUT2D eigenvalue weighted by atomic mass is 16.1. The van der Waals surface area contributed by atoms with Gasteiger partial charge in [-0.25, -0.2) is 0 Å². The Bertz CT molecular complexity index is 402. The van der Waals surface area contributed by atoms with Crippen LogP contribution in [0.5, 0.6) is 0 Å². The number of nitrogens with zero attached hydrogens (tertiary/aromatic N) is 2. The molecular formula is C11H10N2O. The molecule has 0 N–H and O–H groups in total. The molecule has 0 aromatic heterocycles. The Hall–Kier alpha value is -1.82. The summed E-state index contributed by atoms with van der Waals surface area (Å²) in [5, 5.41) is 8.63. The molecule has 1 fully saturated rings. The van der Waals surface area contributed by atoms with Crippen LogP contribution in [0, 0.1) is 11.3 Å². The van der Waals surface area contributed by atoms with Crippen molar-refractivity contribution in [3.8, 4) is 6.07 Å². The molecule has 14 heavy (non-hydrogen) atoms. The summed E-state index contributed by atoms with van der Waals surface area (Å²) in [5.41, 5.74) is 1.73. The first kappa shape index (κ1) is 8.76. The van der Waals surface area contributed by atoms with Crippen molar-refractivity contribution < 1.29 is 4.79 Å². The molecule has 0 spiro atoms. The summed E-state index contributed by atoms with van der Waals surface area (Å²) in [6.45, 7) is 2.35. The molecule has 0 amide bonds. The van der Waals surface area contributed by atoms with Crippen molar-refractivity contribution in [3.05, 3.63) is 29.8 Å². The number of hydrogen-bond acceptors (Lipinski definition) is 3. The maximum absolute atomic E-state index is 11.0. The Morgan fingerprint density at radius 2 is 2.14 bits per heavy atom. The Kier molecular flexibility index (Phi) is 1.97. The van der Waals surface area contributed by atoms with Gasteiger partial charge in [-0.1, -0.05) is 0 Å². The Morgan fingerprint density at radius 3 is 2.57 bits per heavy atom. The number of carbonyl (C=O) groups is 1. The van der Waals surface area contributed by atoms with E-state index in [9.17, 15) is 4.79 Å². The van der Waals surface area contributed by atoms with Crippen molar-refractivity contribution in [1.82, 2.24) is 0 Å². The number of anilines is 1. The number of ketones is 1. The van der Waals surface area contributed by atoms with Crippen LogP contribution in [0.15, 0.2) is 24.3 Å². The van der Waals surface area contributed by atoms with Crippen molar-refractivity contribution in [3.63, 3.8) is 0 Å². The van der Waals surface area contributed by atoms with Crippen LogP contribution in [0.3, 0.4) is 0 Å². The van der Waals surface area contributed by atoms with Crippen LogP contribution in [0.1, 0.15) is 17.3 Å². The lowest BCUT2D eigenvalue weighted by Crippen LogP contribution is -1.97. The second kappa shape index (κ2) is 3.15. The summed E-state index contributed by atoms with van der Waals surface area (Å²) in [5.74, 6) is 0.0687. The van der Waals surface area contributed by atoms with E-state index in [-0.39, 0.29) is 11.8 Å². The smallest absolute Gasteiger partial charge is 0.159 e. The zero-order chi connectivity index (χ0) is 10.1. The second-order valence-electron chi connectivity index (χ2n) is 3.40. The minimum atomic E-state index is 0.0261. The standard InChI is InChI=1S/C11H10N2O/c1-8(14)9-2-4-10(5-3-9)13-7-11(13)6-12/h2-5,11H,7H2,1H3. The van der Waals surface area contributed by atoms with Gasteiger partial charge < -0.3 is 4.90 Å². The molecule has 1 aliphatic heterocycles. The van der Waals surface area contributed by atoms with Crippen molar-refractivity contribution in [1.29, 1.82) is 5.26 Å². The van der Waals surface area contributed by atoms with Gasteiger partial charge in [0.15, 0.2) is 5.78 Å². The number of hydrogen-bond donors (Lipinski definition) is 0. The Labute approximate surface area is 82.6 Å². The normalized spacial score (nSPS) is 18.9. The van der Waals surface area contributed by atoms with Crippen LogP contribution in [0.4, 0.5) is 5.69 Å². The summed E-state index contributed by atoms with van der Waals surface area (Å²) in [6.07, 6.45) is 0. The molecule has 2 rings (SSSR count). The molecule has 3 heteroatoms. The van der Waals surface area contributed by atoms with Crippen molar-refractivity contribution >= 4 is 11.5 Å². The van der Waals surface area contributed by atoms with Crippen LogP contribution in [-0.2, 0) is 0 Å². The molecule has 3 nitrogen and oxygen atoms in total. The maximum atomic E-state index is 11.0. The van der Waals surface area contributed by atoms with Crippen molar-refractivity contribution in [2.24, 2.45) is 0 Å². The summed E-state index contributed by atoms with van der Waals surface area (Å²) >= 11 is 0. The minimum absolute atomic E-state index is 0.0261. The largest absolute Gasteiger partial charge is 0.351 e. The lowest BCUT2D eigenvalue weighted by Gasteiger charge is -2.02. The number of rotatable bonds is 2. The van der Waals surface area contributed by atoms with Gasteiger partial charge in [0.1, 0.15) is 6.04 Å². The van der Waals surface area contributed by atoms with E-state index in [0.29, 0.717) is 5.56 Å². The fourth-order valence-electron chi connectivity index (χ4n) is 1.42. The topological polar surface area (TPSA) is 43.9 Å². The average Bonchev–Trinajstić information content (AvgIpc) is 2.97. The van der Waals surface area contributed by atoms with E-state index < -0.39 is 0 Å². The van der Waals surface area contributed by atoms with E-state index in [1.54, 1.807) is 19.1 Å². The van der Waals surface area contributed by atoms with Gasteiger partial charge >= 0.3 is 0 Å². The Balaban J connectivity index is 2.16. The van der Waals surface area contributed by atoms with E-state index >= 15 is 0 Å². The fourth-order valence-corrected chi connectivity index (χ4v) is 1.42. The molecule has 0 bridgehead atoms. The molecule has 1 atom stereocenters. The molecule has 1 unspecified atom stereocenters. The third kappa shape index (κ3) is 1.47. The average molecular weight is 186 g/mol. The molecule has 0 radical (unpaired) electrons. The first-order valence-electron chi connectivity index (χ1n) is 4.49. The molecule has 0 saturated carbocycles. The molecular weight excluding hydrogens is 176 g/mol. The van der Waals surface area contributed by atoms with E-state index in [1.807, 2.05) is 17.0 Å². The van der Waals surface area contributed by atoms with Crippen molar-refractivity contribution in [2.75, 3.05) is 11.4 Å². The Morgan fingerprint density at radius 1 is 1.50 bits per heavy atom. The fraction of sp³-hybridized carbons (Fsp3) is 0.273. The van der Waals surface area contributed by atoms with Crippen LogP contribution in [0.2, 0.25) is 0 Å². The summed E-state index contributed by atoms with van der Waals surface area (Å²) in [4.78, 5) is 13.0. The minimum Gasteiger partial charge on any atom is -0.351 e. The number of carbonyl (C=O) groups excluding carboxylic acids is 1. The zero-order valence-corrected chi connectivity index (χ0v) is 7.90. The molecule has 70 valence electrons. The summed E-state index contributed by atoms with van der Waals surface area (Å²) in [7, 11) is 0. The van der Waals surface area contributed by atoms with E-state index in [2.05, 4.69) is 6.07 Å². The van der Waals surface area contributed by atoms with Gasteiger partial charge in [0, 0.05) is 11.3 Å². The monoisotopic (exact) mass is 186 g/mol. The van der Waals surface area contributed by atoms with Gasteiger partial charge in [-0.15, -0.1) is 0 Å². The van der Waals surface area contributed by atoms with Gasteiger partial charge in [0.05, 0.1) is 12.6 Å². The van der Waals surface area contributed by atoms with Crippen LogP contribution in [0.25, 0.3) is 0 Å². The van der Waals surface area contributed by atoms with Gasteiger partial charge in [-0.05, 0) is 31.2 Å². The predicted octanol–water partition coefficient (Wildman–Crippen LogP) is 1.60. The quantitative estimate of drug-likeness (QED) is 0.520. The lowest BCUT2D eigenvalue weighted by molar-refractivity contribution is 0.101. The maximum Gasteiger partial charge on any atom is 0.159 e. The van der Waals surface area contributed by atoms with Gasteiger partial charge in [0.25, 0.3) is 0 Å². The highest BCUT2D eigenvalue weighted by molar-refractivity contribution is 5.94. The molecule has 1 aromatic carbocycles. The SMILES string of the molecule is CC(=O)c1ccc(N2CC2C#N)cc1. The predicted molar refractivity (Wildman–Crippen MR) is 53.2 cm³/mol. The molecule has 1 aliphatic rings. The first-order chi connectivity index (χ1) is 6.72. The second-order valence-corrected chi connectivity index (χ2v) is 3.40. The third-order valence-corrected chi connectivity index (χ3v) is 2.37. The lowest BCUT2D eigenvalue weighted by atomic mass is 10.1. The summed E-state index contributed by atoms with van der Waals surface area (Å²) < 4.78 is 0. The van der Waals surface area contributed by atoms with Crippen LogP contribution in [-0.4, -0.2) is 18.4 Å². The number of Topliss-reactive ketones (excluding diaryl/α,β-unsaturated/α-hetero) is 1. The molecule has 1 aromatic rings. The molecule has 0 aliphatic carbocycles. The third-order valence-electron chi connectivity index (χ3n) is 2.37. The molecule has 1 heterocycles. The highest BCUT2D eigenvalue weighted by Gasteiger charge is 2.33. The van der Waals surface area contributed by atoms with Crippen LogP contribution < -0.4 is 4.90 Å². The van der Waals surface area contributed by atoms with E-state index in [1.165, 1.54) is 0 Å². The van der Waals surface area contributed by atoms with E-state index in [4.69, 9.17) is 5.26 Å². The molecule has 1 saturated heterocycles. The highest BCUT2D eigenvalue weighted by Crippen LogP contribution is 2.27. The van der Waals surface area contributed by atoms with E-state index in [0.717, 1.165) is 12.2 Å². The van der Waals surface area contributed by atoms with Gasteiger partial charge in [-0.3, -0.25) is 4.79 Å². The zero-order valence-electron chi connectivity index (χ0n) is 7.90. The van der Waals surface area contributed by atoms with Crippen LogP contribution >= 0.6 is 0 Å².